The summed E-state index contributed by atoms with van der Waals surface area (Å²) in [6.45, 7) is 4.17. The Bertz CT molecular complexity index is 1370. The Labute approximate surface area is 213 Å². The van der Waals surface area contributed by atoms with Gasteiger partial charge in [0.15, 0.2) is 5.13 Å². The van der Waals surface area contributed by atoms with E-state index in [1.54, 1.807) is 36.4 Å². The van der Waals surface area contributed by atoms with Crippen LogP contribution in [0.1, 0.15) is 34.8 Å². The molecular weight excluding hydrogens is 502 g/mol. The van der Waals surface area contributed by atoms with Crippen LogP contribution in [0.5, 0.6) is 5.75 Å². The van der Waals surface area contributed by atoms with E-state index in [0.717, 1.165) is 10.6 Å². The largest absolute Gasteiger partial charge is 0.497 e. The van der Waals surface area contributed by atoms with Gasteiger partial charge in [-0.15, -0.1) is 0 Å². The molecule has 0 saturated heterocycles. The summed E-state index contributed by atoms with van der Waals surface area (Å²) in [6.07, 6.45) is 0.433. The Balaban J connectivity index is 1.44. The molecule has 0 saturated carbocycles. The van der Waals surface area contributed by atoms with E-state index in [4.69, 9.17) is 4.74 Å². The van der Waals surface area contributed by atoms with Crippen LogP contribution in [0.2, 0.25) is 0 Å². The topological polar surface area (TPSA) is 130 Å². The number of anilines is 2. The Morgan fingerprint density at radius 1 is 1.08 bits per heavy atom. The highest BCUT2D eigenvalue weighted by Crippen LogP contribution is 2.31. The minimum Gasteiger partial charge on any atom is -0.497 e. The van der Waals surface area contributed by atoms with Crippen molar-refractivity contribution in [1.82, 2.24) is 14.6 Å². The van der Waals surface area contributed by atoms with Crippen molar-refractivity contribution in [2.45, 2.75) is 37.8 Å². The highest BCUT2D eigenvalue weighted by molar-refractivity contribution is 7.89. The van der Waals surface area contributed by atoms with Crippen LogP contribution in [-0.2, 0) is 23.0 Å². The Kier molecular flexibility index (Phi) is 7.57. The van der Waals surface area contributed by atoms with Crippen molar-refractivity contribution in [1.29, 1.82) is 0 Å². The van der Waals surface area contributed by atoms with Crippen LogP contribution >= 0.6 is 11.3 Å². The third-order valence-corrected chi connectivity index (χ3v) is 8.31. The van der Waals surface area contributed by atoms with Crippen LogP contribution in [0, 0.1) is 0 Å². The highest BCUT2D eigenvalue weighted by atomic mass is 32.2. The van der Waals surface area contributed by atoms with Crippen LogP contribution in [0.25, 0.3) is 0 Å². The zero-order valence-corrected chi connectivity index (χ0v) is 21.7. The van der Waals surface area contributed by atoms with Crippen molar-refractivity contribution in [2.75, 3.05) is 24.3 Å². The molecule has 0 spiro atoms. The van der Waals surface area contributed by atoms with Gasteiger partial charge in [0, 0.05) is 23.9 Å². The SMILES string of the molecule is COc1ccc(S(=O)(=O)N2CCc3nc(NC(=O)Nc4ccccc4C(=O)NC(C)C)sc3C2)cc1. The highest BCUT2D eigenvalue weighted by Gasteiger charge is 2.30. The summed E-state index contributed by atoms with van der Waals surface area (Å²) in [5.74, 6) is 0.290. The van der Waals surface area contributed by atoms with Crippen LogP contribution in [0.15, 0.2) is 53.4 Å². The molecule has 3 aromatic rings. The second-order valence-corrected chi connectivity index (χ2v) is 11.4. The third kappa shape index (κ3) is 5.66. The van der Waals surface area contributed by atoms with Crippen molar-refractivity contribution in [3.8, 4) is 5.75 Å². The number of aromatic nitrogens is 1. The predicted molar refractivity (Wildman–Crippen MR) is 138 cm³/mol. The third-order valence-electron chi connectivity index (χ3n) is 5.45. The second kappa shape index (κ2) is 10.6. The standard InChI is InChI=1S/C24H27N5O5S2/c1-15(2)25-22(30)18-6-4-5-7-19(18)26-23(31)28-24-27-20-12-13-29(14-21(20)35-24)36(32,33)17-10-8-16(34-3)9-11-17/h4-11,15H,12-14H2,1-3H3,(H,25,30)(H2,26,27,28,31). The number of sulfonamides is 1. The predicted octanol–water partition coefficient (Wildman–Crippen LogP) is 3.68. The molecule has 4 rings (SSSR count). The van der Waals surface area contributed by atoms with Gasteiger partial charge in [-0.3, -0.25) is 10.1 Å². The summed E-state index contributed by atoms with van der Waals surface area (Å²) in [4.78, 5) is 30.5. The minimum absolute atomic E-state index is 0.0471. The maximum absolute atomic E-state index is 13.1. The first-order chi connectivity index (χ1) is 17.2. The van der Waals surface area contributed by atoms with Crippen molar-refractivity contribution in [3.05, 3.63) is 64.7 Å². The van der Waals surface area contributed by atoms with E-state index in [9.17, 15) is 18.0 Å². The lowest BCUT2D eigenvalue weighted by Gasteiger charge is -2.25. The molecule has 1 aliphatic rings. The number of methoxy groups -OCH3 is 1. The number of urea groups is 1. The Hall–Kier alpha value is -3.48. The smallest absolute Gasteiger partial charge is 0.325 e. The van der Waals surface area contributed by atoms with Crippen LogP contribution < -0.4 is 20.7 Å². The summed E-state index contributed by atoms with van der Waals surface area (Å²) >= 11 is 1.23. The molecule has 0 aliphatic carbocycles. The lowest BCUT2D eigenvalue weighted by molar-refractivity contribution is 0.0944. The molecule has 12 heteroatoms. The van der Waals surface area contributed by atoms with Crippen molar-refractivity contribution in [3.63, 3.8) is 0 Å². The molecule has 1 aromatic heterocycles. The molecule has 0 radical (unpaired) electrons. The number of para-hydroxylation sites is 1. The zero-order valence-electron chi connectivity index (χ0n) is 20.1. The lowest BCUT2D eigenvalue weighted by atomic mass is 10.1. The Morgan fingerprint density at radius 3 is 2.50 bits per heavy atom. The molecule has 0 unspecified atom stereocenters. The molecule has 190 valence electrons. The first kappa shape index (κ1) is 25.6. The second-order valence-electron chi connectivity index (χ2n) is 8.41. The summed E-state index contributed by atoms with van der Waals surface area (Å²) in [6, 6.07) is 12.4. The number of rotatable bonds is 7. The molecule has 0 fully saturated rings. The van der Waals surface area contributed by atoms with Crippen molar-refractivity contribution in [2.24, 2.45) is 0 Å². The van der Waals surface area contributed by atoms with Crippen LogP contribution in [0.3, 0.4) is 0 Å². The van der Waals surface area contributed by atoms with E-state index in [0.29, 0.717) is 28.6 Å². The van der Waals surface area contributed by atoms with Gasteiger partial charge in [-0.25, -0.2) is 18.2 Å². The average Bonchev–Trinajstić information content (AvgIpc) is 3.25. The normalized spacial score (nSPS) is 13.7. The number of nitrogens with one attached hydrogen (secondary N) is 3. The first-order valence-corrected chi connectivity index (χ1v) is 13.5. The quantitative estimate of drug-likeness (QED) is 0.428. The van der Waals surface area contributed by atoms with Gasteiger partial charge in [-0.1, -0.05) is 23.5 Å². The molecule has 36 heavy (non-hydrogen) atoms. The maximum atomic E-state index is 13.1. The summed E-state index contributed by atoms with van der Waals surface area (Å²) in [5, 5.41) is 8.55. The molecular formula is C24H27N5O5S2. The molecule has 2 heterocycles. The fraction of sp³-hybridized carbons (Fsp3) is 0.292. The van der Waals surface area contributed by atoms with E-state index in [2.05, 4.69) is 20.9 Å². The number of hydrogen-bond acceptors (Lipinski definition) is 7. The number of ether oxygens (including phenoxy) is 1. The van der Waals surface area contributed by atoms with E-state index < -0.39 is 16.1 Å². The molecule has 2 aromatic carbocycles. The van der Waals surface area contributed by atoms with Gasteiger partial charge in [-0.05, 0) is 50.2 Å². The fourth-order valence-electron chi connectivity index (χ4n) is 3.71. The summed E-state index contributed by atoms with van der Waals surface area (Å²) < 4.78 is 32.7. The molecule has 0 bridgehead atoms. The molecule has 0 atom stereocenters. The zero-order chi connectivity index (χ0) is 25.9. The van der Waals surface area contributed by atoms with Gasteiger partial charge >= 0.3 is 6.03 Å². The average molecular weight is 530 g/mol. The van der Waals surface area contributed by atoms with Gasteiger partial charge in [0.05, 0.1) is 35.5 Å². The number of hydrogen-bond donors (Lipinski definition) is 3. The van der Waals surface area contributed by atoms with Crippen LogP contribution in [-0.4, -0.2) is 49.3 Å². The molecule has 3 N–H and O–H groups in total. The van der Waals surface area contributed by atoms with Gasteiger partial charge in [0.1, 0.15) is 5.75 Å². The summed E-state index contributed by atoms with van der Waals surface area (Å²) in [7, 11) is -2.17. The number of thiazole rings is 1. The Morgan fingerprint density at radius 2 is 1.81 bits per heavy atom. The fourth-order valence-corrected chi connectivity index (χ4v) is 6.22. The lowest BCUT2D eigenvalue weighted by Crippen LogP contribution is -2.35. The van der Waals surface area contributed by atoms with Gasteiger partial charge in [0.25, 0.3) is 5.91 Å². The number of amides is 3. The number of fused-ring (bicyclic) bond motifs is 1. The summed E-state index contributed by atoms with van der Waals surface area (Å²) in [5.41, 5.74) is 1.47. The first-order valence-electron chi connectivity index (χ1n) is 11.3. The molecule has 10 nitrogen and oxygen atoms in total. The van der Waals surface area contributed by atoms with Gasteiger partial charge in [0.2, 0.25) is 10.0 Å². The van der Waals surface area contributed by atoms with Gasteiger partial charge in [-0.2, -0.15) is 4.31 Å². The number of carbonyl (C=O) groups is 2. The number of carbonyl (C=O) groups excluding carboxylic acids is 2. The number of nitrogens with zero attached hydrogens (tertiary/aromatic N) is 2. The minimum atomic E-state index is -3.69. The van der Waals surface area contributed by atoms with E-state index in [1.807, 2.05) is 13.8 Å². The maximum Gasteiger partial charge on any atom is 0.325 e. The van der Waals surface area contributed by atoms with Crippen molar-refractivity contribution >= 4 is 44.1 Å². The van der Waals surface area contributed by atoms with E-state index >= 15 is 0 Å². The molecule has 3 amide bonds. The van der Waals surface area contributed by atoms with E-state index in [-0.39, 0.29) is 29.9 Å². The van der Waals surface area contributed by atoms with E-state index in [1.165, 1.54) is 34.9 Å². The van der Waals surface area contributed by atoms with Crippen LogP contribution in [0.4, 0.5) is 15.6 Å². The van der Waals surface area contributed by atoms with Crippen molar-refractivity contribution < 1.29 is 22.7 Å². The number of benzene rings is 2. The monoisotopic (exact) mass is 529 g/mol. The molecule has 1 aliphatic heterocycles. The van der Waals surface area contributed by atoms with Gasteiger partial charge < -0.3 is 15.4 Å².